The second kappa shape index (κ2) is 7.39. The van der Waals surface area contributed by atoms with Gasteiger partial charge in [-0.25, -0.2) is 0 Å². The molecule has 0 radical (unpaired) electrons. The Hall–Kier alpha value is -3.15. The van der Waals surface area contributed by atoms with E-state index < -0.39 is 0 Å². The normalized spacial score (nSPS) is 14.2. The van der Waals surface area contributed by atoms with Gasteiger partial charge >= 0.3 is 0 Å². The number of amides is 1. The molecule has 3 aromatic rings. The Bertz CT molecular complexity index is 850. The second-order valence-corrected chi connectivity index (χ2v) is 6.46. The molecular weight excluding hydrogens is 326 g/mol. The number of nitrogens with zero attached hydrogens (tertiary/aromatic N) is 4. The average Bonchev–Trinajstić information content (AvgIpc) is 3.24. The van der Waals surface area contributed by atoms with E-state index in [0.29, 0.717) is 5.56 Å². The van der Waals surface area contributed by atoms with E-state index in [1.807, 2.05) is 24.3 Å². The Kier molecular flexibility index (Phi) is 4.64. The van der Waals surface area contributed by atoms with Crippen LogP contribution in [0.3, 0.4) is 0 Å². The summed E-state index contributed by atoms with van der Waals surface area (Å²) in [5, 5.41) is 10.5. The third-order valence-corrected chi connectivity index (χ3v) is 4.69. The molecule has 0 spiro atoms. The Morgan fingerprint density at radius 1 is 0.808 bits per heavy atom. The van der Waals surface area contributed by atoms with Crippen LogP contribution in [0.4, 0.5) is 11.4 Å². The van der Waals surface area contributed by atoms with Crippen LogP contribution < -0.4 is 10.2 Å². The van der Waals surface area contributed by atoms with Crippen LogP contribution in [0.15, 0.2) is 61.2 Å². The molecule has 2 heterocycles. The summed E-state index contributed by atoms with van der Waals surface area (Å²) in [5.74, 6) is -0.119. The first kappa shape index (κ1) is 16.3. The smallest absolute Gasteiger partial charge is 0.255 e. The van der Waals surface area contributed by atoms with Crippen LogP contribution in [0.25, 0.3) is 5.69 Å². The van der Waals surface area contributed by atoms with Crippen molar-refractivity contribution in [2.75, 3.05) is 23.3 Å². The summed E-state index contributed by atoms with van der Waals surface area (Å²) in [6, 6.07) is 15.4. The first-order valence-corrected chi connectivity index (χ1v) is 8.91. The number of carbonyl (C=O) groups is 1. The molecule has 6 nitrogen and oxygen atoms in total. The van der Waals surface area contributed by atoms with Crippen LogP contribution in [-0.2, 0) is 0 Å². The highest BCUT2D eigenvalue weighted by Gasteiger charge is 2.11. The van der Waals surface area contributed by atoms with E-state index in [4.69, 9.17) is 0 Å². The fourth-order valence-corrected chi connectivity index (χ4v) is 3.23. The van der Waals surface area contributed by atoms with Crippen LogP contribution >= 0.6 is 0 Å². The van der Waals surface area contributed by atoms with Crippen molar-refractivity contribution < 1.29 is 4.79 Å². The number of hydrogen-bond acceptors (Lipinski definition) is 4. The summed E-state index contributed by atoms with van der Waals surface area (Å²) in [6.45, 7) is 2.23. The molecule has 2 aromatic carbocycles. The lowest BCUT2D eigenvalue weighted by atomic mass is 10.1. The van der Waals surface area contributed by atoms with E-state index in [0.717, 1.165) is 24.5 Å². The largest absolute Gasteiger partial charge is 0.372 e. The molecule has 1 fully saturated rings. The molecule has 0 unspecified atom stereocenters. The number of aromatic nitrogens is 3. The highest BCUT2D eigenvalue weighted by Crippen LogP contribution is 2.22. The molecule has 4 rings (SSSR count). The van der Waals surface area contributed by atoms with Crippen molar-refractivity contribution in [1.29, 1.82) is 0 Å². The molecule has 132 valence electrons. The number of carbonyl (C=O) groups excluding carboxylic acids is 1. The number of nitrogens with one attached hydrogen (secondary N) is 1. The molecule has 26 heavy (non-hydrogen) atoms. The van der Waals surface area contributed by atoms with Gasteiger partial charge in [-0.2, -0.15) is 0 Å². The van der Waals surface area contributed by atoms with Crippen molar-refractivity contribution in [3.8, 4) is 5.69 Å². The van der Waals surface area contributed by atoms with Crippen molar-refractivity contribution >= 4 is 17.3 Å². The molecule has 1 saturated heterocycles. The topological polar surface area (TPSA) is 63.1 Å². The van der Waals surface area contributed by atoms with Crippen LogP contribution in [0.5, 0.6) is 0 Å². The predicted octanol–water partition coefficient (Wildman–Crippen LogP) is 3.51. The van der Waals surface area contributed by atoms with E-state index in [-0.39, 0.29) is 5.91 Å². The summed E-state index contributed by atoms with van der Waals surface area (Å²) in [4.78, 5) is 14.8. The molecular formula is C20H21N5O. The molecule has 1 aliphatic heterocycles. The number of benzene rings is 2. The second-order valence-electron chi connectivity index (χ2n) is 6.46. The Morgan fingerprint density at radius 2 is 1.42 bits per heavy atom. The van der Waals surface area contributed by atoms with Crippen molar-refractivity contribution in [2.45, 2.75) is 19.3 Å². The maximum Gasteiger partial charge on any atom is 0.255 e. The lowest BCUT2D eigenvalue weighted by Crippen LogP contribution is -2.29. The van der Waals surface area contributed by atoms with Gasteiger partial charge in [0, 0.05) is 35.7 Å². The summed E-state index contributed by atoms with van der Waals surface area (Å²) < 4.78 is 1.79. The third kappa shape index (κ3) is 3.59. The Labute approximate surface area is 152 Å². The van der Waals surface area contributed by atoms with Crippen molar-refractivity contribution in [3.63, 3.8) is 0 Å². The molecule has 1 aromatic heterocycles. The molecule has 0 saturated carbocycles. The van der Waals surface area contributed by atoms with Gasteiger partial charge in [-0.1, -0.05) is 0 Å². The quantitative estimate of drug-likeness (QED) is 0.784. The Morgan fingerprint density at radius 3 is 2.08 bits per heavy atom. The average molecular weight is 347 g/mol. The monoisotopic (exact) mass is 347 g/mol. The van der Waals surface area contributed by atoms with Crippen molar-refractivity contribution in [2.24, 2.45) is 0 Å². The first-order valence-electron chi connectivity index (χ1n) is 8.91. The minimum Gasteiger partial charge on any atom is -0.372 e. The fraction of sp³-hybridized carbons (Fsp3) is 0.250. The van der Waals surface area contributed by atoms with Crippen LogP contribution in [0.2, 0.25) is 0 Å². The zero-order chi connectivity index (χ0) is 17.8. The van der Waals surface area contributed by atoms with Gasteiger partial charge in [0.15, 0.2) is 0 Å². The molecule has 0 bridgehead atoms. The molecule has 1 amide bonds. The number of anilines is 2. The Balaban J connectivity index is 1.41. The molecule has 0 atom stereocenters. The molecule has 1 N–H and O–H groups in total. The van der Waals surface area contributed by atoms with Gasteiger partial charge in [0.2, 0.25) is 0 Å². The minimum atomic E-state index is -0.119. The van der Waals surface area contributed by atoms with Crippen molar-refractivity contribution in [1.82, 2.24) is 14.8 Å². The van der Waals surface area contributed by atoms with Gasteiger partial charge in [0.05, 0.1) is 0 Å². The van der Waals surface area contributed by atoms with Gasteiger partial charge in [-0.3, -0.25) is 9.36 Å². The zero-order valence-corrected chi connectivity index (χ0v) is 14.5. The van der Waals surface area contributed by atoms with Crippen molar-refractivity contribution in [3.05, 3.63) is 66.7 Å². The highest BCUT2D eigenvalue weighted by molar-refractivity contribution is 6.04. The number of hydrogen-bond donors (Lipinski definition) is 1. The van der Waals surface area contributed by atoms with Gasteiger partial charge in [-0.15, -0.1) is 10.2 Å². The maximum atomic E-state index is 12.4. The van der Waals surface area contributed by atoms with Crippen LogP contribution in [0, 0.1) is 0 Å². The van der Waals surface area contributed by atoms with Gasteiger partial charge in [0.1, 0.15) is 12.7 Å². The lowest BCUT2D eigenvalue weighted by Gasteiger charge is -2.28. The van der Waals surface area contributed by atoms with Crippen LogP contribution in [-0.4, -0.2) is 33.8 Å². The zero-order valence-electron chi connectivity index (χ0n) is 14.5. The third-order valence-electron chi connectivity index (χ3n) is 4.69. The SMILES string of the molecule is O=C(Nc1ccc(N2CCCCC2)cc1)c1ccc(-n2cnnc2)cc1. The molecule has 0 aliphatic carbocycles. The minimum absolute atomic E-state index is 0.119. The van der Waals surface area contributed by atoms with E-state index in [1.54, 1.807) is 29.4 Å². The first-order chi connectivity index (χ1) is 12.8. The summed E-state index contributed by atoms with van der Waals surface area (Å²) in [6.07, 6.45) is 7.08. The number of piperidine rings is 1. The summed E-state index contributed by atoms with van der Waals surface area (Å²) >= 11 is 0. The lowest BCUT2D eigenvalue weighted by molar-refractivity contribution is 0.102. The van der Waals surface area contributed by atoms with E-state index >= 15 is 0 Å². The van der Waals surface area contributed by atoms with Gasteiger partial charge in [0.25, 0.3) is 5.91 Å². The number of rotatable bonds is 4. The highest BCUT2D eigenvalue weighted by atomic mass is 16.1. The predicted molar refractivity (Wildman–Crippen MR) is 102 cm³/mol. The van der Waals surface area contributed by atoms with Crippen LogP contribution in [0.1, 0.15) is 29.6 Å². The van der Waals surface area contributed by atoms with Gasteiger partial charge in [-0.05, 0) is 67.8 Å². The molecule has 6 heteroatoms. The maximum absolute atomic E-state index is 12.4. The standard InChI is InChI=1S/C20H21N5O/c26-20(16-4-8-19(9-5-16)25-14-21-22-15-25)23-17-6-10-18(11-7-17)24-12-2-1-3-13-24/h4-11,14-15H,1-3,12-13H2,(H,23,26). The van der Waals surface area contributed by atoms with Gasteiger partial charge < -0.3 is 10.2 Å². The summed E-state index contributed by atoms with van der Waals surface area (Å²) in [5.41, 5.74) is 3.55. The molecule has 1 aliphatic rings. The van der Waals surface area contributed by atoms with E-state index in [2.05, 4.69) is 32.5 Å². The van der Waals surface area contributed by atoms with E-state index in [1.165, 1.54) is 24.9 Å². The summed E-state index contributed by atoms with van der Waals surface area (Å²) in [7, 11) is 0. The van der Waals surface area contributed by atoms with E-state index in [9.17, 15) is 4.79 Å². The fourth-order valence-electron chi connectivity index (χ4n) is 3.23.